The third-order valence-electron chi connectivity index (χ3n) is 4.02. The predicted octanol–water partition coefficient (Wildman–Crippen LogP) is 4.07. The highest BCUT2D eigenvalue weighted by Gasteiger charge is 2.34. The number of rotatable bonds is 6. The summed E-state index contributed by atoms with van der Waals surface area (Å²) in [5.41, 5.74) is 0.488. The molecule has 0 aromatic carbocycles. The van der Waals surface area contributed by atoms with E-state index in [0.717, 1.165) is 31.0 Å². The summed E-state index contributed by atoms with van der Waals surface area (Å²) >= 11 is 6.03. The maximum atomic E-state index is 6.03. The van der Waals surface area contributed by atoms with Gasteiger partial charge in [-0.2, -0.15) is 0 Å². The SMILES string of the molecule is CCCc1nc(Cl)cc(NCC2(CC)CCC2)n1. The summed E-state index contributed by atoms with van der Waals surface area (Å²) in [6.07, 6.45) is 7.18. The van der Waals surface area contributed by atoms with Gasteiger partial charge in [-0.25, -0.2) is 9.97 Å². The van der Waals surface area contributed by atoms with Crippen LogP contribution < -0.4 is 5.32 Å². The number of aromatic nitrogens is 2. The smallest absolute Gasteiger partial charge is 0.134 e. The minimum absolute atomic E-state index is 0.488. The van der Waals surface area contributed by atoms with Gasteiger partial charge < -0.3 is 5.32 Å². The van der Waals surface area contributed by atoms with Crippen LogP contribution in [0.1, 0.15) is 51.8 Å². The summed E-state index contributed by atoms with van der Waals surface area (Å²) in [5, 5.41) is 3.98. The number of nitrogens with zero attached hydrogens (tertiary/aromatic N) is 2. The second-order valence-corrected chi connectivity index (χ2v) is 5.69. The van der Waals surface area contributed by atoms with Crippen molar-refractivity contribution in [3.05, 3.63) is 17.0 Å². The molecule has 2 rings (SSSR count). The molecule has 0 amide bonds. The van der Waals surface area contributed by atoms with E-state index in [9.17, 15) is 0 Å². The summed E-state index contributed by atoms with van der Waals surface area (Å²) < 4.78 is 0. The summed E-state index contributed by atoms with van der Waals surface area (Å²) in [5.74, 6) is 1.71. The Morgan fingerprint density at radius 1 is 1.33 bits per heavy atom. The van der Waals surface area contributed by atoms with Crippen LogP contribution in [0.5, 0.6) is 0 Å². The zero-order chi connectivity index (χ0) is 13.0. The molecule has 1 heterocycles. The monoisotopic (exact) mass is 267 g/mol. The van der Waals surface area contributed by atoms with E-state index in [0.29, 0.717) is 10.6 Å². The Labute approximate surface area is 114 Å². The van der Waals surface area contributed by atoms with Gasteiger partial charge in [-0.1, -0.05) is 31.9 Å². The summed E-state index contributed by atoms with van der Waals surface area (Å²) in [6.45, 7) is 5.40. The Morgan fingerprint density at radius 2 is 2.11 bits per heavy atom. The van der Waals surface area contributed by atoms with Gasteiger partial charge in [-0.05, 0) is 31.1 Å². The second kappa shape index (κ2) is 5.87. The third-order valence-corrected chi connectivity index (χ3v) is 4.22. The molecule has 0 bridgehead atoms. The molecule has 1 aromatic heterocycles. The van der Waals surface area contributed by atoms with Crippen LogP contribution >= 0.6 is 11.6 Å². The zero-order valence-electron chi connectivity index (χ0n) is 11.3. The topological polar surface area (TPSA) is 37.8 Å². The highest BCUT2D eigenvalue weighted by atomic mass is 35.5. The lowest BCUT2D eigenvalue weighted by molar-refractivity contribution is 0.145. The fourth-order valence-electron chi connectivity index (χ4n) is 2.50. The molecule has 0 radical (unpaired) electrons. The average molecular weight is 268 g/mol. The molecule has 1 aromatic rings. The first-order valence-corrected chi connectivity index (χ1v) is 7.32. The van der Waals surface area contributed by atoms with E-state index in [2.05, 4.69) is 29.1 Å². The Balaban J connectivity index is 2.00. The van der Waals surface area contributed by atoms with Crippen LogP contribution in [0.15, 0.2) is 6.07 Å². The maximum Gasteiger partial charge on any atom is 0.134 e. The van der Waals surface area contributed by atoms with Gasteiger partial charge >= 0.3 is 0 Å². The van der Waals surface area contributed by atoms with Gasteiger partial charge in [-0.3, -0.25) is 0 Å². The van der Waals surface area contributed by atoms with Crippen molar-refractivity contribution < 1.29 is 0 Å². The van der Waals surface area contributed by atoms with Crippen molar-refractivity contribution in [3.8, 4) is 0 Å². The van der Waals surface area contributed by atoms with Crippen molar-refractivity contribution in [1.29, 1.82) is 0 Å². The molecule has 1 aliphatic rings. The van der Waals surface area contributed by atoms with E-state index in [-0.39, 0.29) is 0 Å². The summed E-state index contributed by atoms with van der Waals surface area (Å²) in [4.78, 5) is 8.75. The van der Waals surface area contributed by atoms with Gasteiger partial charge in [-0.15, -0.1) is 0 Å². The predicted molar refractivity (Wildman–Crippen MR) is 76.1 cm³/mol. The first-order valence-electron chi connectivity index (χ1n) is 6.95. The quantitative estimate of drug-likeness (QED) is 0.790. The van der Waals surface area contributed by atoms with E-state index in [4.69, 9.17) is 11.6 Å². The number of aryl methyl sites for hydroxylation is 1. The largest absolute Gasteiger partial charge is 0.369 e. The summed E-state index contributed by atoms with van der Waals surface area (Å²) in [6, 6.07) is 1.82. The number of anilines is 1. The molecule has 0 saturated heterocycles. The van der Waals surface area contributed by atoms with Gasteiger partial charge in [0.05, 0.1) is 0 Å². The lowest BCUT2D eigenvalue weighted by atomic mass is 9.67. The van der Waals surface area contributed by atoms with E-state index >= 15 is 0 Å². The molecule has 0 aliphatic heterocycles. The van der Waals surface area contributed by atoms with Crippen molar-refractivity contribution in [2.75, 3.05) is 11.9 Å². The minimum Gasteiger partial charge on any atom is -0.369 e. The molecule has 1 aliphatic carbocycles. The molecular weight excluding hydrogens is 246 g/mol. The van der Waals surface area contributed by atoms with Crippen LogP contribution in [0.2, 0.25) is 5.15 Å². The zero-order valence-corrected chi connectivity index (χ0v) is 12.1. The van der Waals surface area contributed by atoms with Crippen molar-refractivity contribution >= 4 is 17.4 Å². The minimum atomic E-state index is 0.488. The molecular formula is C14H22ClN3. The van der Waals surface area contributed by atoms with Gasteiger partial charge in [0.25, 0.3) is 0 Å². The van der Waals surface area contributed by atoms with Crippen LogP contribution in [0.25, 0.3) is 0 Å². The number of hydrogen-bond acceptors (Lipinski definition) is 3. The first kappa shape index (κ1) is 13.6. The Kier molecular flexibility index (Phi) is 4.44. The van der Waals surface area contributed by atoms with Gasteiger partial charge in [0.15, 0.2) is 0 Å². The van der Waals surface area contributed by atoms with E-state index in [1.165, 1.54) is 25.7 Å². The standard InChI is InChI=1S/C14H22ClN3/c1-3-6-12-17-11(15)9-13(18-12)16-10-14(4-2)7-5-8-14/h9H,3-8,10H2,1-2H3,(H,16,17,18). The van der Waals surface area contributed by atoms with Crippen LogP contribution in [-0.4, -0.2) is 16.5 Å². The molecule has 0 spiro atoms. The third kappa shape index (κ3) is 3.14. The van der Waals surface area contributed by atoms with Crippen molar-refractivity contribution in [1.82, 2.24) is 9.97 Å². The Bertz CT molecular complexity index is 397. The molecule has 18 heavy (non-hydrogen) atoms. The normalized spacial score (nSPS) is 17.3. The molecule has 0 unspecified atom stereocenters. The van der Waals surface area contributed by atoms with Crippen LogP contribution in [0, 0.1) is 5.41 Å². The highest BCUT2D eigenvalue weighted by Crippen LogP contribution is 2.43. The molecule has 1 N–H and O–H groups in total. The molecule has 1 fully saturated rings. The van der Waals surface area contributed by atoms with Crippen LogP contribution in [0.4, 0.5) is 5.82 Å². The molecule has 100 valence electrons. The molecule has 4 heteroatoms. The highest BCUT2D eigenvalue weighted by molar-refractivity contribution is 6.29. The van der Waals surface area contributed by atoms with Crippen molar-refractivity contribution in [2.24, 2.45) is 5.41 Å². The van der Waals surface area contributed by atoms with Crippen LogP contribution in [-0.2, 0) is 6.42 Å². The Morgan fingerprint density at radius 3 is 2.67 bits per heavy atom. The maximum absolute atomic E-state index is 6.03. The van der Waals surface area contributed by atoms with Gasteiger partial charge in [0.1, 0.15) is 16.8 Å². The number of nitrogens with one attached hydrogen (secondary N) is 1. The Hall–Kier alpha value is -0.830. The van der Waals surface area contributed by atoms with E-state index in [1.54, 1.807) is 0 Å². The lowest BCUT2D eigenvalue weighted by Gasteiger charge is -2.41. The van der Waals surface area contributed by atoms with Gasteiger partial charge in [0.2, 0.25) is 0 Å². The van der Waals surface area contributed by atoms with E-state index < -0.39 is 0 Å². The molecule has 3 nitrogen and oxygen atoms in total. The van der Waals surface area contributed by atoms with Crippen molar-refractivity contribution in [2.45, 2.75) is 52.4 Å². The fraction of sp³-hybridized carbons (Fsp3) is 0.714. The number of halogens is 1. The molecule has 1 saturated carbocycles. The molecule has 0 atom stereocenters. The first-order chi connectivity index (χ1) is 8.67. The van der Waals surface area contributed by atoms with Crippen LogP contribution in [0.3, 0.4) is 0 Å². The lowest BCUT2D eigenvalue weighted by Crippen LogP contribution is -2.36. The second-order valence-electron chi connectivity index (χ2n) is 5.30. The number of hydrogen-bond donors (Lipinski definition) is 1. The van der Waals surface area contributed by atoms with E-state index in [1.807, 2.05) is 6.07 Å². The van der Waals surface area contributed by atoms with Crippen molar-refractivity contribution in [3.63, 3.8) is 0 Å². The summed E-state index contributed by atoms with van der Waals surface area (Å²) in [7, 11) is 0. The fourth-order valence-corrected chi connectivity index (χ4v) is 2.70. The average Bonchev–Trinajstić information content (AvgIpc) is 2.28. The van der Waals surface area contributed by atoms with Gasteiger partial charge in [0, 0.05) is 19.0 Å².